The molecule has 0 aliphatic carbocycles. The lowest BCUT2D eigenvalue weighted by atomic mass is 9.92. The topological polar surface area (TPSA) is 12.0 Å². The molecule has 106 valence electrons. The largest absolute Gasteiger partial charge is 0.319 e. The Morgan fingerprint density at radius 1 is 1.10 bits per heavy atom. The zero-order valence-electron chi connectivity index (χ0n) is 11.6. The molecule has 0 bridgehead atoms. The molecule has 0 saturated heterocycles. The summed E-state index contributed by atoms with van der Waals surface area (Å²) < 4.78 is 13.8. The molecular formula is C17H19ClFN. The van der Waals surface area contributed by atoms with E-state index in [2.05, 4.69) is 11.4 Å². The number of benzene rings is 2. The molecule has 2 aromatic rings. The monoisotopic (exact) mass is 291 g/mol. The van der Waals surface area contributed by atoms with E-state index in [0.717, 1.165) is 30.0 Å². The zero-order valence-corrected chi connectivity index (χ0v) is 12.3. The number of halogens is 2. The highest BCUT2D eigenvalue weighted by Gasteiger charge is 2.12. The highest BCUT2D eigenvalue weighted by Crippen LogP contribution is 2.19. The average Bonchev–Trinajstić information content (AvgIpc) is 2.42. The van der Waals surface area contributed by atoms with Gasteiger partial charge in [-0.05, 0) is 61.7 Å². The van der Waals surface area contributed by atoms with Crippen LogP contribution in [0, 0.1) is 11.7 Å². The van der Waals surface area contributed by atoms with Crippen LogP contribution < -0.4 is 5.32 Å². The molecule has 0 fully saturated rings. The molecule has 1 nitrogen and oxygen atoms in total. The molecule has 0 amide bonds. The Labute approximate surface area is 124 Å². The van der Waals surface area contributed by atoms with Crippen molar-refractivity contribution in [2.75, 3.05) is 13.6 Å². The molecule has 1 unspecified atom stereocenters. The van der Waals surface area contributed by atoms with Crippen molar-refractivity contribution in [2.45, 2.75) is 12.8 Å². The van der Waals surface area contributed by atoms with Gasteiger partial charge in [-0.15, -0.1) is 0 Å². The predicted molar refractivity (Wildman–Crippen MR) is 82.7 cm³/mol. The Hall–Kier alpha value is -1.38. The van der Waals surface area contributed by atoms with Crippen LogP contribution in [0.3, 0.4) is 0 Å². The van der Waals surface area contributed by atoms with Crippen molar-refractivity contribution in [3.05, 3.63) is 70.5 Å². The molecule has 0 aliphatic heterocycles. The summed E-state index contributed by atoms with van der Waals surface area (Å²) in [5.41, 5.74) is 1.96. The normalized spacial score (nSPS) is 12.3. The SMILES string of the molecule is CNCC(Cc1cccc(Cl)c1)Cc1ccccc1F. The summed E-state index contributed by atoms with van der Waals surface area (Å²) in [5.74, 6) is 0.218. The smallest absolute Gasteiger partial charge is 0.126 e. The first-order valence-corrected chi connectivity index (χ1v) is 7.19. The summed E-state index contributed by atoms with van der Waals surface area (Å²) >= 11 is 6.02. The summed E-state index contributed by atoms with van der Waals surface area (Å²) in [6, 6.07) is 14.9. The fourth-order valence-electron chi connectivity index (χ4n) is 2.48. The molecule has 0 aliphatic rings. The maximum atomic E-state index is 13.8. The second-order valence-corrected chi connectivity index (χ2v) is 5.49. The Balaban J connectivity index is 2.09. The van der Waals surface area contributed by atoms with Crippen molar-refractivity contribution >= 4 is 11.6 Å². The Bertz CT molecular complexity index is 556. The van der Waals surface area contributed by atoms with E-state index in [4.69, 9.17) is 11.6 Å². The van der Waals surface area contributed by atoms with Crippen molar-refractivity contribution in [3.8, 4) is 0 Å². The third kappa shape index (κ3) is 4.32. The molecular weight excluding hydrogens is 273 g/mol. The molecule has 0 radical (unpaired) electrons. The van der Waals surface area contributed by atoms with Crippen molar-refractivity contribution in [2.24, 2.45) is 5.92 Å². The van der Waals surface area contributed by atoms with Gasteiger partial charge in [0, 0.05) is 5.02 Å². The van der Waals surface area contributed by atoms with Crippen LogP contribution in [-0.4, -0.2) is 13.6 Å². The van der Waals surface area contributed by atoms with Crippen molar-refractivity contribution in [1.29, 1.82) is 0 Å². The minimum Gasteiger partial charge on any atom is -0.319 e. The van der Waals surface area contributed by atoms with Crippen LogP contribution in [0.25, 0.3) is 0 Å². The van der Waals surface area contributed by atoms with Gasteiger partial charge in [0.15, 0.2) is 0 Å². The average molecular weight is 292 g/mol. The van der Waals surface area contributed by atoms with Gasteiger partial charge in [-0.2, -0.15) is 0 Å². The Morgan fingerprint density at radius 3 is 2.60 bits per heavy atom. The van der Waals surface area contributed by atoms with Gasteiger partial charge in [0.2, 0.25) is 0 Å². The van der Waals surface area contributed by atoms with Gasteiger partial charge in [-0.3, -0.25) is 0 Å². The summed E-state index contributed by atoms with van der Waals surface area (Å²) in [7, 11) is 1.92. The first kappa shape index (κ1) is 15.0. The van der Waals surface area contributed by atoms with Gasteiger partial charge in [0.25, 0.3) is 0 Å². The van der Waals surface area contributed by atoms with E-state index in [1.807, 2.05) is 37.4 Å². The van der Waals surface area contributed by atoms with E-state index in [-0.39, 0.29) is 5.82 Å². The maximum absolute atomic E-state index is 13.8. The van der Waals surface area contributed by atoms with Gasteiger partial charge in [-0.25, -0.2) is 4.39 Å². The second-order valence-electron chi connectivity index (χ2n) is 5.05. The van der Waals surface area contributed by atoms with Gasteiger partial charge < -0.3 is 5.32 Å². The molecule has 0 saturated carbocycles. The van der Waals surface area contributed by atoms with Crippen LogP contribution in [0.5, 0.6) is 0 Å². The van der Waals surface area contributed by atoms with Gasteiger partial charge in [0.1, 0.15) is 5.82 Å². The second kappa shape index (κ2) is 7.41. The van der Waals surface area contributed by atoms with Crippen LogP contribution in [-0.2, 0) is 12.8 Å². The van der Waals surface area contributed by atoms with E-state index in [1.165, 1.54) is 11.6 Å². The van der Waals surface area contributed by atoms with Crippen molar-refractivity contribution < 1.29 is 4.39 Å². The number of hydrogen-bond donors (Lipinski definition) is 1. The van der Waals surface area contributed by atoms with Gasteiger partial charge in [0.05, 0.1) is 0 Å². The van der Waals surface area contributed by atoms with E-state index in [0.29, 0.717) is 5.92 Å². The lowest BCUT2D eigenvalue weighted by Gasteiger charge is -2.17. The summed E-state index contributed by atoms with van der Waals surface area (Å²) in [6.45, 7) is 0.848. The summed E-state index contributed by atoms with van der Waals surface area (Å²) in [4.78, 5) is 0. The summed E-state index contributed by atoms with van der Waals surface area (Å²) in [5, 5.41) is 3.93. The number of nitrogens with one attached hydrogen (secondary N) is 1. The Morgan fingerprint density at radius 2 is 1.90 bits per heavy atom. The molecule has 3 heteroatoms. The molecule has 1 N–H and O–H groups in total. The fourth-order valence-corrected chi connectivity index (χ4v) is 2.69. The molecule has 0 heterocycles. The van der Waals surface area contributed by atoms with E-state index in [1.54, 1.807) is 6.07 Å². The minimum atomic E-state index is -0.125. The van der Waals surface area contributed by atoms with Gasteiger partial charge >= 0.3 is 0 Å². The lowest BCUT2D eigenvalue weighted by Crippen LogP contribution is -2.23. The van der Waals surface area contributed by atoms with Crippen LogP contribution in [0.15, 0.2) is 48.5 Å². The maximum Gasteiger partial charge on any atom is 0.126 e. The fraction of sp³-hybridized carbons (Fsp3) is 0.294. The molecule has 2 aromatic carbocycles. The molecule has 0 spiro atoms. The van der Waals surface area contributed by atoms with E-state index < -0.39 is 0 Å². The standard InChI is InChI=1S/C17H19ClFN/c1-20-12-14(9-13-5-4-7-16(18)11-13)10-15-6-2-3-8-17(15)19/h2-8,11,14,20H,9-10,12H2,1H3. The molecule has 1 atom stereocenters. The number of rotatable bonds is 6. The minimum absolute atomic E-state index is 0.125. The molecule has 0 aromatic heterocycles. The first-order valence-electron chi connectivity index (χ1n) is 6.81. The first-order chi connectivity index (χ1) is 9.69. The third-order valence-corrected chi connectivity index (χ3v) is 3.61. The van der Waals surface area contributed by atoms with E-state index in [9.17, 15) is 4.39 Å². The molecule has 2 rings (SSSR count). The third-order valence-electron chi connectivity index (χ3n) is 3.37. The molecule has 20 heavy (non-hydrogen) atoms. The van der Waals surface area contributed by atoms with Gasteiger partial charge in [-0.1, -0.05) is 41.9 Å². The van der Waals surface area contributed by atoms with Crippen LogP contribution in [0.4, 0.5) is 4.39 Å². The van der Waals surface area contributed by atoms with Crippen LogP contribution in [0.1, 0.15) is 11.1 Å². The van der Waals surface area contributed by atoms with Crippen molar-refractivity contribution in [1.82, 2.24) is 5.32 Å². The quantitative estimate of drug-likeness (QED) is 0.845. The van der Waals surface area contributed by atoms with Crippen molar-refractivity contribution in [3.63, 3.8) is 0 Å². The van der Waals surface area contributed by atoms with Crippen LogP contribution in [0.2, 0.25) is 5.02 Å². The Kier molecular flexibility index (Phi) is 5.57. The zero-order chi connectivity index (χ0) is 14.4. The summed E-state index contributed by atoms with van der Waals surface area (Å²) in [6.07, 6.45) is 1.61. The number of hydrogen-bond acceptors (Lipinski definition) is 1. The van der Waals surface area contributed by atoms with E-state index >= 15 is 0 Å². The highest BCUT2D eigenvalue weighted by atomic mass is 35.5. The predicted octanol–water partition coefficient (Wildman–Crippen LogP) is 4.10. The van der Waals surface area contributed by atoms with Crippen LogP contribution >= 0.6 is 11.6 Å². The highest BCUT2D eigenvalue weighted by molar-refractivity contribution is 6.30. The lowest BCUT2D eigenvalue weighted by molar-refractivity contribution is 0.480.